The number of carbonyl (C=O) groups excluding carboxylic acids is 1. The SMILES string of the molecule is CN(CCOc1ccc(F)cc1)[C@H]1C[C@@H](C(=O)O)N(C(=O)C(c2ccccc2)c2ccccc2)C1. The maximum absolute atomic E-state index is 13.8. The summed E-state index contributed by atoms with van der Waals surface area (Å²) in [6.07, 6.45) is 0.338. The summed E-state index contributed by atoms with van der Waals surface area (Å²) in [6, 6.07) is 23.7. The van der Waals surface area contributed by atoms with E-state index in [-0.39, 0.29) is 17.8 Å². The first kappa shape index (κ1) is 24.4. The summed E-state index contributed by atoms with van der Waals surface area (Å²) in [4.78, 5) is 29.5. The molecule has 0 unspecified atom stereocenters. The number of nitrogens with zero attached hydrogens (tertiary/aromatic N) is 2. The van der Waals surface area contributed by atoms with Gasteiger partial charge in [-0.15, -0.1) is 0 Å². The molecule has 3 aromatic carbocycles. The van der Waals surface area contributed by atoms with Crippen LogP contribution in [-0.4, -0.2) is 65.6 Å². The van der Waals surface area contributed by atoms with Crippen LogP contribution in [0.3, 0.4) is 0 Å². The van der Waals surface area contributed by atoms with E-state index in [1.807, 2.05) is 72.6 Å². The van der Waals surface area contributed by atoms with Crippen LogP contribution < -0.4 is 4.74 Å². The Morgan fingerprint density at radius 3 is 2.11 bits per heavy atom. The molecule has 1 fully saturated rings. The summed E-state index contributed by atoms with van der Waals surface area (Å²) in [7, 11) is 1.90. The predicted molar refractivity (Wildman–Crippen MR) is 131 cm³/mol. The third-order valence-electron chi connectivity index (χ3n) is 6.51. The lowest BCUT2D eigenvalue weighted by molar-refractivity contribution is -0.148. The van der Waals surface area contributed by atoms with Crippen molar-refractivity contribution in [3.63, 3.8) is 0 Å². The Labute approximate surface area is 204 Å². The third kappa shape index (κ3) is 5.87. The summed E-state index contributed by atoms with van der Waals surface area (Å²) in [5.41, 5.74) is 1.66. The highest BCUT2D eigenvalue weighted by Crippen LogP contribution is 2.31. The summed E-state index contributed by atoms with van der Waals surface area (Å²) in [5, 5.41) is 9.93. The van der Waals surface area contributed by atoms with Gasteiger partial charge in [0.25, 0.3) is 0 Å². The van der Waals surface area contributed by atoms with Crippen LogP contribution in [0.5, 0.6) is 5.75 Å². The second-order valence-corrected chi connectivity index (χ2v) is 8.77. The van der Waals surface area contributed by atoms with Crippen molar-refractivity contribution >= 4 is 11.9 Å². The van der Waals surface area contributed by atoms with E-state index in [4.69, 9.17) is 4.74 Å². The molecule has 0 spiro atoms. The Hall–Kier alpha value is -3.71. The van der Waals surface area contributed by atoms with Crippen LogP contribution in [0.15, 0.2) is 84.9 Å². The quantitative estimate of drug-likeness (QED) is 0.505. The van der Waals surface area contributed by atoms with Crippen LogP contribution in [0.2, 0.25) is 0 Å². The molecule has 1 heterocycles. The average molecular weight is 477 g/mol. The van der Waals surface area contributed by atoms with Gasteiger partial charge in [0, 0.05) is 19.1 Å². The molecule has 2 atom stereocenters. The minimum atomic E-state index is -1.00. The van der Waals surface area contributed by atoms with E-state index in [0.29, 0.717) is 31.9 Å². The summed E-state index contributed by atoms with van der Waals surface area (Å²) < 4.78 is 18.8. The highest BCUT2D eigenvalue weighted by molar-refractivity contribution is 5.91. The summed E-state index contributed by atoms with van der Waals surface area (Å²) >= 11 is 0. The van der Waals surface area contributed by atoms with Gasteiger partial charge < -0.3 is 14.7 Å². The van der Waals surface area contributed by atoms with E-state index in [1.165, 1.54) is 17.0 Å². The average Bonchev–Trinajstić information content (AvgIpc) is 3.33. The van der Waals surface area contributed by atoms with Gasteiger partial charge in [-0.2, -0.15) is 0 Å². The number of ether oxygens (including phenoxy) is 1. The molecule has 1 saturated heterocycles. The van der Waals surface area contributed by atoms with Gasteiger partial charge in [-0.1, -0.05) is 60.7 Å². The Kier molecular flexibility index (Phi) is 7.77. The standard InChI is InChI=1S/C28H29FN2O4/c1-30(16-17-35-24-14-12-22(29)13-15-24)23-18-25(28(33)34)31(19-23)27(32)26(20-8-4-2-5-9-20)21-10-6-3-7-11-21/h2-15,23,25-26H,16-19H2,1H3,(H,33,34)/t23-,25-/m0/s1. The number of hydrogen-bond donors (Lipinski definition) is 1. The Bertz CT molecular complexity index is 1090. The smallest absolute Gasteiger partial charge is 0.326 e. The van der Waals surface area contributed by atoms with Gasteiger partial charge in [-0.05, 0) is 48.9 Å². The van der Waals surface area contributed by atoms with E-state index in [0.717, 1.165) is 11.1 Å². The van der Waals surface area contributed by atoms with Crippen molar-refractivity contribution < 1.29 is 23.8 Å². The fourth-order valence-corrected chi connectivity index (χ4v) is 4.57. The van der Waals surface area contributed by atoms with E-state index in [2.05, 4.69) is 0 Å². The molecule has 35 heavy (non-hydrogen) atoms. The summed E-state index contributed by atoms with van der Waals surface area (Å²) in [5.74, 6) is -1.55. The predicted octanol–water partition coefficient (Wildman–Crippen LogP) is 4.02. The molecule has 3 aromatic rings. The van der Waals surface area contributed by atoms with Crippen molar-refractivity contribution in [1.29, 1.82) is 0 Å². The number of rotatable bonds is 9. The molecule has 1 N–H and O–H groups in total. The number of likely N-dealkylation sites (tertiary alicyclic amines) is 1. The van der Waals surface area contributed by atoms with Crippen molar-refractivity contribution in [2.45, 2.75) is 24.4 Å². The number of halogens is 1. The third-order valence-corrected chi connectivity index (χ3v) is 6.51. The minimum Gasteiger partial charge on any atom is -0.492 e. The largest absolute Gasteiger partial charge is 0.492 e. The van der Waals surface area contributed by atoms with Gasteiger partial charge in [0.2, 0.25) is 5.91 Å². The van der Waals surface area contributed by atoms with Crippen molar-refractivity contribution in [2.24, 2.45) is 0 Å². The fraction of sp³-hybridized carbons (Fsp3) is 0.286. The van der Waals surface area contributed by atoms with E-state index in [9.17, 15) is 19.1 Å². The molecule has 4 rings (SSSR count). The molecular weight excluding hydrogens is 447 g/mol. The molecule has 1 amide bonds. The minimum absolute atomic E-state index is 0.121. The van der Waals surface area contributed by atoms with Gasteiger partial charge >= 0.3 is 5.97 Å². The van der Waals surface area contributed by atoms with Crippen molar-refractivity contribution in [1.82, 2.24) is 9.80 Å². The number of carboxylic acids is 1. The zero-order chi connectivity index (χ0) is 24.8. The van der Waals surface area contributed by atoms with Gasteiger partial charge in [0.15, 0.2) is 0 Å². The molecule has 0 radical (unpaired) electrons. The lowest BCUT2D eigenvalue weighted by atomic mass is 9.90. The van der Waals surface area contributed by atoms with Gasteiger partial charge in [0.05, 0.1) is 5.92 Å². The second kappa shape index (κ2) is 11.1. The van der Waals surface area contributed by atoms with E-state index < -0.39 is 17.9 Å². The number of carbonyl (C=O) groups is 2. The number of benzene rings is 3. The van der Waals surface area contributed by atoms with Gasteiger partial charge in [-0.25, -0.2) is 9.18 Å². The zero-order valence-corrected chi connectivity index (χ0v) is 19.6. The number of hydrogen-bond acceptors (Lipinski definition) is 4. The van der Waals surface area contributed by atoms with Crippen LogP contribution in [0.4, 0.5) is 4.39 Å². The van der Waals surface area contributed by atoms with Crippen molar-refractivity contribution in [2.75, 3.05) is 26.7 Å². The fourth-order valence-electron chi connectivity index (χ4n) is 4.57. The molecule has 182 valence electrons. The topological polar surface area (TPSA) is 70.1 Å². The first-order valence-corrected chi connectivity index (χ1v) is 11.7. The number of amides is 1. The number of aliphatic carboxylic acids is 1. The Balaban J connectivity index is 1.48. The monoisotopic (exact) mass is 476 g/mol. The molecular formula is C28H29FN2O4. The zero-order valence-electron chi connectivity index (χ0n) is 19.6. The molecule has 1 aliphatic rings. The molecule has 0 bridgehead atoms. The Morgan fingerprint density at radius 2 is 1.57 bits per heavy atom. The number of carboxylic acid groups (broad SMARTS) is 1. The van der Waals surface area contributed by atoms with E-state index in [1.54, 1.807) is 12.1 Å². The molecule has 6 nitrogen and oxygen atoms in total. The van der Waals surface area contributed by atoms with Crippen LogP contribution in [0, 0.1) is 5.82 Å². The lowest BCUT2D eigenvalue weighted by Crippen LogP contribution is -2.44. The number of likely N-dealkylation sites (N-methyl/N-ethyl adjacent to an activating group) is 1. The maximum atomic E-state index is 13.8. The summed E-state index contributed by atoms with van der Waals surface area (Å²) in [6.45, 7) is 1.22. The molecule has 0 aromatic heterocycles. The van der Waals surface area contributed by atoms with Gasteiger partial charge in [0.1, 0.15) is 24.2 Å². The van der Waals surface area contributed by atoms with E-state index >= 15 is 0 Å². The van der Waals surface area contributed by atoms with Crippen LogP contribution in [0.25, 0.3) is 0 Å². The molecule has 1 aliphatic heterocycles. The van der Waals surface area contributed by atoms with Crippen molar-refractivity contribution in [3.8, 4) is 5.75 Å². The maximum Gasteiger partial charge on any atom is 0.326 e. The van der Waals surface area contributed by atoms with Crippen LogP contribution in [-0.2, 0) is 9.59 Å². The second-order valence-electron chi connectivity index (χ2n) is 8.77. The first-order valence-electron chi connectivity index (χ1n) is 11.7. The van der Waals surface area contributed by atoms with Crippen LogP contribution >= 0.6 is 0 Å². The highest BCUT2D eigenvalue weighted by atomic mass is 19.1. The Morgan fingerprint density at radius 1 is 1.00 bits per heavy atom. The van der Waals surface area contributed by atoms with Crippen molar-refractivity contribution in [3.05, 3.63) is 102 Å². The molecule has 0 saturated carbocycles. The first-order chi connectivity index (χ1) is 16.9. The van der Waals surface area contributed by atoms with Crippen LogP contribution in [0.1, 0.15) is 23.5 Å². The highest BCUT2D eigenvalue weighted by Gasteiger charge is 2.43. The molecule has 0 aliphatic carbocycles. The lowest BCUT2D eigenvalue weighted by Gasteiger charge is -2.28. The molecule has 7 heteroatoms. The van der Waals surface area contributed by atoms with Gasteiger partial charge in [-0.3, -0.25) is 9.69 Å². The normalized spacial score (nSPS) is 17.7.